The van der Waals surface area contributed by atoms with Crippen LogP contribution in [0.25, 0.3) is 0 Å². The van der Waals surface area contributed by atoms with Crippen molar-refractivity contribution in [1.82, 2.24) is 10.6 Å². The van der Waals surface area contributed by atoms with Gasteiger partial charge in [0.2, 0.25) is 5.91 Å². The summed E-state index contributed by atoms with van der Waals surface area (Å²) < 4.78 is 0. The molecule has 0 aromatic heterocycles. The van der Waals surface area contributed by atoms with Crippen molar-refractivity contribution in [2.24, 2.45) is 0 Å². The van der Waals surface area contributed by atoms with E-state index in [1.54, 1.807) is 4.90 Å². The maximum Gasteiger partial charge on any atom is 0.315 e. The third-order valence-electron chi connectivity index (χ3n) is 4.15. The molecule has 2 N–H and O–H groups in total. The lowest BCUT2D eigenvalue weighted by atomic mass is 10.2. The normalized spacial score (nSPS) is 17.0. The summed E-state index contributed by atoms with van der Waals surface area (Å²) in [6, 6.07) is 16.7. The molecule has 3 amide bonds. The van der Waals surface area contributed by atoms with Gasteiger partial charge in [0.15, 0.2) is 0 Å². The fourth-order valence-corrected chi connectivity index (χ4v) is 2.78. The van der Waals surface area contributed by atoms with Gasteiger partial charge in [-0.2, -0.15) is 0 Å². The number of carbonyl (C=O) groups excluding carboxylic acids is 2. The number of rotatable bonds is 4. The van der Waals surface area contributed by atoms with Gasteiger partial charge in [-0.05, 0) is 31.0 Å². The van der Waals surface area contributed by atoms with Crippen molar-refractivity contribution in [1.29, 1.82) is 0 Å². The Morgan fingerprint density at radius 3 is 2.54 bits per heavy atom. The fourth-order valence-electron chi connectivity index (χ4n) is 2.78. The van der Waals surface area contributed by atoms with Crippen LogP contribution in [-0.2, 0) is 11.3 Å². The predicted octanol–water partition coefficient (Wildman–Crippen LogP) is 2.60. The second-order valence-electron chi connectivity index (χ2n) is 5.98. The topological polar surface area (TPSA) is 61.4 Å². The molecule has 0 saturated carbocycles. The van der Waals surface area contributed by atoms with Crippen molar-refractivity contribution in [3.63, 3.8) is 0 Å². The lowest BCUT2D eigenvalue weighted by molar-refractivity contribution is -0.118. The average molecular weight is 323 g/mol. The lowest BCUT2D eigenvalue weighted by Crippen LogP contribution is -2.45. The molecule has 3 rings (SSSR count). The zero-order chi connectivity index (χ0) is 16.9. The molecule has 0 aliphatic carbocycles. The van der Waals surface area contributed by atoms with Gasteiger partial charge in [-0.3, -0.25) is 4.79 Å². The van der Waals surface area contributed by atoms with E-state index in [1.807, 2.05) is 61.5 Å². The summed E-state index contributed by atoms with van der Waals surface area (Å²) in [5.74, 6) is -0.0614. The van der Waals surface area contributed by atoms with Gasteiger partial charge in [0.25, 0.3) is 0 Å². The number of aryl methyl sites for hydroxylation is 1. The third kappa shape index (κ3) is 3.74. The van der Waals surface area contributed by atoms with Crippen molar-refractivity contribution >= 4 is 17.6 Å². The van der Waals surface area contributed by atoms with E-state index < -0.39 is 6.04 Å². The molecule has 1 aliphatic rings. The molecule has 1 heterocycles. The zero-order valence-electron chi connectivity index (χ0n) is 13.7. The zero-order valence-corrected chi connectivity index (χ0v) is 13.7. The first-order valence-electron chi connectivity index (χ1n) is 8.10. The number of hydrogen-bond donors (Lipinski definition) is 2. The highest BCUT2D eigenvalue weighted by molar-refractivity contribution is 6.01. The standard InChI is InChI=1S/C19H21N3O2/c1-14-7-9-16(10-8-14)22-12-11-17(18(22)23)21-19(24)20-13-15-5-3-2-4-6-15/h2-10,17H,11-13H2,1H3,(H2,20,21,24)/t17-/m0/s1. The van der Waals surface area contributed by atoms with Crippen LogP contribution in [0.4, 0.5) is 10.5 Å². The highest BCUT2D eigenvalue weighted by Gasteiger charge is 2.33. The van der Waals surface area contributed by atoms with E-state index in [9.17, 15) is 9.59 Å². The smallest absolute Gasteiger partial charge is 0.315 e. The molecule has 0 bridgehead atoms. The van der Waals surface area contributed by atoms with E-state index in [-0.39, 0.29) is 11.9 Å². The van der Waals surface area contributed by atoms with E-state index in [0.717, 1.165) is 16.8 Å². The van der Waals surface area contributed by atoms with Crippen LogP contribution in [0.15, 0.2) is 54.6 Å². The van der Waals surface area contributed by atoms with Crippen LogP contribution in [0.1, 0.15) is 17.5 Å². The number of benzene rings is 2. The third-order valence-corrected chi connectivity index (χ3v) is 4.15. The molecule has 5 heteroatoms. The Morgan fingerprint density at radius 2 is 1.83 bits per heavy atom. The fraction of sp³-hybridized carbons (Fsp3) is 0.263. The number of carbonyl (C=O) groups is 2. The number of amides is 3. The van der Waals surface area contributed by atoms with Gasteiger partial charge in [0.05, 0.1) is 0 Å². The Hall–Kier alpha value is -2.82. The second-order valence-corrected chi connectivity index (χ2v) is 5.98. The molecule has 0 unspecified atom stereocenters. The van der Waals surface area contributed by atoms with E-state index >= 15 is 0 Å². The number of nitrogens with zero attached hydrogens (tertiary/aromatic N) is 1. The molecule has 5 nitrogen and oxygen atoms in total. The van der Waals surface area contributed by atoms with Crippen LogP contribution in [0.2, 0.25) is 0 Å². The van der Waals surface area contributed by atoms with Gasteiger partial charge in [0, 0.05) is 18.8 Å². The predicted molar refractivity (Wildman–Crippen MR) is 93.8 cm³/mol. The Bertz CT molecular complexity index is 713. The molecule has 24 heavy (non-hydrogen) atoms. The van der Waals surface area contributed by atoms with Crippen LogP contribution in [-0.4, -0.2) is 24.5 Å². The summed E-state index contributed by atoms with van der Waals surface area (Å²) in [5, 5.41) is 5.56. The first-order chi connectivity index (χ1) is 11.6. The molecular formula is C19H21N3O2. The molecule has 1 fully saturated rings. The maximum atomic E-state index is 12.5. The summed E-state index contributed by atoms with van der Waals surface area (Å²) in [5.41, 5.74) is 3.05. The largest absolute Gasteiger partial charge is 0.334 e. The Labute approximate surface area is 141 Å². The minimum atomic E-state index is -0.470. The van der Waals surface area contributed by atoms with Crippen LogP contribution in [0.5, 0.6) is 0 Å². The molecule has 0 radical (unpaired) electrons. The van der Waals surface area contributed by atoms with Gasteiger partial charge >= 0.3 is 6.03 Å². The Kier molecular flexibility index (Phi) is 4.79. The molecule has 0 spiro atoms. The quantitative estimate of drug-likeness (QED) is 0.908. The first-order valence-corrected chi connectivity index (χ1v) is 8.10. The van der Waals surface area contributed by atoms with Crippen LogP contribution >= 0.6 is 0 Å². The van der Waals surface area contributed by atoms with Gasteiger partial charge in [-0.1, -0.05) is 48.0 Å². The Balaban J connectivity index is 1.53. The van der Waals surface area contributed by atoms with E-state index in [4.69, 9.17) is 0 Å². The lowest BCUT2D eigenvalue weighted by Gasteiger charge is -2.17. The number of anilines is 1. The molecule has 2 aromatic rings. The molecule has 1 atom stereocenters. The van der Waals surface area contributed by atoms with Crippen molar-refractivity contribution in [3.05, 3.63) is 65.7 Å². The summed E-state index contributed by atoms with van der Waals surface area (Å²) in [6.07, 6.45) is 0.617. The van der Waals surface area contributed by atoms with E-state index in [1.165, 1.54) is 0 Å². The van der Waals surface area contributed by atoms with Crippen molar-refractivity contribution < 1.29 is 9.59 Å². The number of nitrogens with one attached hydrogen (secondary N) is 2. The van der Waals surface area contributed by atoms with Crippen LogP contribution in [0, 0.1) is 6.92 Å². The molecule has 2 aromatic carbocycles. The molecule has 1 saturated heterocycles. The summed E-state index contributed by atoms with van der Waals surface area (Å²) in [4.78, 5) is 26.2. The van der Waals surface area contributed by atoms with Crippen molar-refractivity contribution in [2.45, 2.75) is 25.9 Å². The number of urea groups is 1. The SMILES string of the molecule is Cc1ccc(N2CC[C@H](NC(=O)NCc3ccccc3)C2=O)cc1. The minimum absolute atomic E-state index is 0.0614. The van der Waals surface area contributed by atoms with Gasteiger partial charge in [-0.15, -0.1) is 0 Å². The first kappa shape index (κ1) is 16.1. The average Bonchev–Trinajstić information content (AvgIpc) is 2.95. The summed E-state index contributed by atoms with van der Waals surface area (Å²) in [6.45, 7) is 3.07. The van der Waals surface area contributed by atoms with Crippen molar-refractivity contribution in [2.75, 3.05) is 11.4 Å². The second kappa shape index (κ2) is 7.17. The summed E-state index contributed by atoms with van der Waals surface area (Å²) in [7, 11) is 0. The Morgan fingerprint density at radius 1 is 1.12 bits per heavy atom. The number of hydrogen-bond acceptors (Lipinski definition) is 2. The summed E-state index contributed by atoms with van der Waals surface area (Å²) >= 11 is 0. The van der Waals surface area contributed by atoms with E-state index in [0.29, 0.717) is 19.5 Å². The molecular weight excluding hydrogens is 302 g/mol. The van der Waals surface area contributed by atoms with Crippen LogP contribution in [0.3, 0.4) is 0 Å². The van der Waals surface area contributed by atoms with E-state index in [2.05, 4.69) is 10.6 Å². The molecule has 1 aliphatic heterocycles. The van der Waals surface area contributed by atoms with Crippen molar-refractivity contribution in [3.8, 4) is 0 Å². The monoisotopic (exact) mass is 323 g/mol. The van der Waals surface area contributed by atoms with Gasteiger partial charge in [-0.25, -0.2) is 4.79 Å². The minimum Gasteiger partial charge on any atom is -0.334 e. The van der Waals surface area contributed by atoms with Gasteiger partial charge < -0.3 is 15.5 Å². The van der Waals surface area contributed by atoms with Gasteiger partial charge in [0.1, 0.15) is 6.04 Å². The highest BCUT2D eigenvalue weighted by atomic mass is 16.2. The van der Waals surface area contributed by atoms with Crippen LogP contribution < -0.4 is 15.5 Å². The molecule has 124 valence electrons. The maximum absolute atomic E-state index is 12.5. The highest BCUT2D eigenvalue weighted by Crippen LogP contribution is 2.21.